The molecule has 0 spiro atoms. The van der Waals surface area contributed by atoms with Crippen molar-refractivity contribution >= 4 is 29.3 Å². The second kappa shape index (κ2) is 10.9. The largest absolute Gasteiger partial charge is 0.416 e. The number of benzene rings is 2. The summed E-state index contributed by atoms with van der Waals surface area (Å²) in [4.78, 5) is 15.6. The number of halogens is 4. The third-order valence-corrected chi connectivity index (χ3v) is 7.00. The van der Waals surface area contributed by atoms with E-state index in [-0.39, 0.29) is 11.9 Å². The number of carbonyl (C=O) groups excluding carboxylic acids is 1. The number of hydrogen-bond acceptors (Lipinski definition) is 3. The monoisotopic (exact) mass is 507 g/mol. The molecular formula is C25H25ClF3N3OS. The minimum atomic E-state index is -4.33. The first kappa shape index (κ1) is 24.7. The molecule has 2 heterocycles. The summed E-state index contributed by atoms with van der Waals surface area (Å²) in [6.07, 6.45) is 1.24. The Bertz CT molecular complexity index is 1110. The fraction of sp³-hybridized carbons (Fsp3) is 0.320. The lowest BCUT2D eigenvalue weighted by molar-refractivity contribution is -0.137. The van der Waals surface area contributed by atoms with E-state index in [0.29, 0.717) is 16.5 Å². The van der Waals surface area contributed by atoms with Gasteiger partial charge in [0, 0.05) is 53.7 Å². The van der Waals surface area contributed by atoms with Crippen LogP contribution >= 0.6 is 23.4 Å². The molecule has 2 aromatic carbocycles. The van der Waals surface area contributed by atoms with Gasteiger partial charge in [-0.25, -0.2) is 0 Å². The first-order valence-corrected chi connectivity index (χ1v) is 12.4. The molecule has 0 aliphatic carbocycles. The van der Waals surface area contributed by atoms with Crippen molar-refractivity contribution in [3.8, 4) is 5.69 Å². The Morgan fingerprint density at radius 3 is 2.50 bits per heavy atom. The zero-order valence-electron chi connectivity index (χ0n) is 18.4. The predicted octanol–water partition coefficient (Wildman–Crippen LogP) is 6.02. The Morgan fingerprint density at radius 2 is 1.82 bits per heavy atom. The molecule has 1 aromatic heterocycles. The summed E-state index contributed by atoms with van der Waals surface area (Å²) in [7, 11) is 0. The molecule has 3 aromatic rings. The first-order valence-electron chi connectivity index (χ1n) is 11.0. The summed E-state index contributed by atoms with van der Waals surface area (Å²) in [6, 6.07) is 14.8. The van der Waals surface area contributed by atoms with Crippen LogP contribution in [0.15, 0.2) is 71.9 Å². The minimum absolute atomic E-state index is 0.0250. The van der Waals surface area contributed by atoms with Gasteiger partial charge in [0.05, 0.1) is 11.3 Å². The van der Waals surface area contributed by atoms with Crippen molar-refractivity contribution in [1.29, 1.82) is 0 Å². The number of aromatic nitrogens is 1. The van der Waals surface area contributed by atoms with E-state index >= 15 is 0 Å². The van der Waals surface area contributed by atoms with Crippen LogP contribution in [0.5, 0.6) is 0 Å². The van der Waals surface area contributed by atoms with Gasteiger partial charge in [0.25, 0.3) is 0 Å². The summed E-state index contributed by atoms with van der Waals surface area (Å²) in [5.41, 5.74) is 1.14. The van der Waals surface area contributed by atoms with Gasteiger partial charge in [-0.2, -0.15) is 13.2 Å². The number of nitrogens with one attached hydrogen (secondary N) is 1. The van der Waals surface area contributed by atoms with Gasteiger partial charge in [-0.1, -0.05) is 17.7 Å². The van der Waals surface area contributed by atoms with Crippen molar-refractivity contribution in [2.24, 2.45) is 0 Å². The van der Waals surface area contributed by atoms with E-state index in [1.165, 1.54) is 23.9 Å². The van der Waals surface area contributed by atoms with Crippen molar-refractivity contribution in [2.45, 2.75) is 36.5 Å². The van der Waals surface area contributed by atoms with E-state index in [4.69, 9.17) is 11.6 Å². The second-order valence-electron chi connectivity index (χ2n) is 8.34. The molecule has 1 amide bonds. The maximum Gasteiger partial charge on any atom is 0.416 e. The van der Waals surface area contributed by atoms with E-state index in [1.54, 1.807) is 0 Å². The third-order valence-electron chi connectivity index (χ3n) is 5.77. The van der Waals surface area contributed by atoms with Crippen LogP contribution < -0.4 is 5.32 Å². The van der Waals surface area contributed by atoms with E-state index in [0.717, 1.165) is 55.1 Å². The highest BCUT2D eigenvalue weighted by atomic mass is 35.5. The number of nitrogens with zero attached hydrogens (tertiary/aromatic N) is 2. The number of alkyl halides is 3. The summed E-state index contributed by atoms with van der Waals surface area (Å²) in [6.45, 7) is 2.51. The van der Waals surface area contributed by atoms with Gasteiger partial charge in [-0.15, -0.1) is 11.8 Å². The van der Waals surface area contributed by atoms with Gasteiger partial charge in [-0.05, 0) is 66.9 Å². The van der Waals surface area contributed by atoms with E-state index in [9.17, 15) is 18.0 Å². The van der Waals surface area contributed by atoms with Crippen molar-refractivity contribution in [3.63, 3.8) is 0 Å². The molecule has 0 radical (unpaired) electrons. The Kier molecular flexibility index (Phi) is 7.91. The van der Waals surface area contributed by atoms with Gasteiger partial charge in [0.1, 0.15) is 0 Å². The number of rotatable bonds is 7. The molecular weight excluding hydrogens is 483 g/mol. The smallest absolute Gasteiger partial charge is 0.353 e. The SMILES string of the molecule is O=C(CSc1cccc(Cl)c1)NC1CCN(Cc2ccn(-c3ccc(C(F)(F)F)cc3)c2)CC1. The first-order chi connectivity index (χ1) is 16.3. The topological polar surface area (TPSA) is 37.3 Å². The quantitative estimate of drug-likeness (QED) is 0.397. The lowest BCUT2D eigenvalue weighted by atomic mass is 10.0. The molecule has 1 fully saturated rings. The molecule has 1 saturated heterocycles. The van der Waals surface area contributed by atoms with Crippen LogP contribution in [0.4, 0.5) is 13.2 Å². The maximum absolute atomic E-state index is 12.8. The number of likely N-dealkylation sites (tertiary alicyclic amines) is 1. The van der Waals surface area contributed by atoms with Gasteiger partial charge in [-0.3, -0.25) is 9.69 Å². The van der Waals surface area contributed by atoms with E-state index in [2.05, 4.69) is 10.2 Å². The lowest BCUT2D eigenvalue weighted by Crippen LogP contribution is -2.44. The average molecular weight is 508 g/mol. The molecule has 1 aliphatic heterocycles. The molecule has 1 N–H and O–H groups in total. The molecule has 4 rings (SSSR count). The molecule has 180 valence electrons. The van der Waals surface area contributed by atoms with Gasteiger partial charge < -0.3 is 9.88 Å². The molecule has 0 bridgehead atoms. The van der Waals surface area contributed by atoms with E-state index in [1.807, 2.05) is 47.3 Å². The van der Waals surface area contributed by atoms with E-state index < -0.39 is 11.7 Å². The Morgan fingerprint density at radius 1 is 1.09 bits per heavy atom. The molecule has 0 unspecified atom stereocenters. The van der Waals surface area contributed by atoms with Crippen LogP contribution in [0.3, 0.4) is 0 Å². The fourth-order valence-electron chi connectivity index (χ4n) is 3.99. The highest BCUT2D eigenvalue weighted by molar-refractivity contribution is 8.00. The number of thioether (sulfide) groups is 1. The Balaban J connectivity index is 1.21. The highest BCUT2D eigenvalue weighted by Gasteiger charge is 2.30. The predicted molar refractivity (Wildman–Crippen MR) is 129 cm³/mol. The number of piperidine rings is 1. The molecule has 0 saturated carbocycles. The molecule has 9 heteroatoms. The summed E-state index contributed by atoms with van der Waals surface area (Å²) in [5, 5.41) is 3.78. The number of carbonyl (C=O) groups is 1. The van der Waals surface area contributed by atoms with Crippen molar-refractivity contribution in [1.82, 2.24) is 14.8 Å². The van der Waals surface area contributed by atoms with Crippen molar-refractivity contribution in [2.75, 3.05) is 18.8 Å². The Hall–Kier alpha value is -2.42. The average Bonchev–Trinajstić information content (AvgIpc) is 3.27. The van der Waals surface area contributed by atoms with Crippen LogP contribution in [0.25, 0.3) is 5.69 Å². The third kappa shape index (κ3) is 6.81. The highest BCUT2D eigenvalue weighted by Crippen LogP contribution is 2.29. The molecule has 0 atom stereocenters. The number of hydrogen-bond donors (Lipinski definition) is 1. The van der Waals surface area contributed by atoms with Crippen LogP contribution in [0.2, 0.25) is 5.02 Å². The van der Waals surface area contributed by atoms with Crippen LogP contribution in [0.1, 0.15) is 24.0 Å². The normalized spacial score (nSPS) is 15.4. The molecule has 4 nitrogen and oxygen atoms in total. The van der Waals surface area contributed by atoms with Crippen molar-refractivity contribution in [3.05, 3.63) is 83.1 Å². The second-order valence-corrected chi connectivity index (χ2v) is 9.82. The van der Waals surface area contributed by atoms with Gasteiger partial charge in [0.15, 0.2) is 0 Å². The van der Waals surface area contributed by atoms with Gasteiger partial charge in [0.2, 0.25) is 5.91 Å². The summed E-state index contributed by atoms with van der Waals surface area (Å²) < 4.78 is 40.1. The minimum Gasteiger partial charge on any atom is -0.353 e. The van der Waals surface area contributed by atoms with Crippen LogP contribution in [-0.2, 0) is 17.5 Å². The fourth-order valence-corrected chi connectivity index (χ4v) is 5.01. The van der Waals surface area contributed by atoms with Crippen LogP contribution in [-0.4, -0.2) is 40.3 Å². The van der Waals surface area contributed by atoms with Crippen molar-refractivity contribution < 1.29 is 18.0 Å². The molecule has 1 aliphatic rings. The number of amides is 1. The zero-order valence-corrected chi connectivity index (χ0v) is 20.0. The molecule has 34 heavy (non-hydrogen) atoms. The maximum atomic E-state index is 12.8. The zero-order chi connectivity index (χ0) is 24.1. The van der Waals surface area contributed by atoms with Crippen LogP contribution in [0, 0.1) is 0 Å². The summed E-state index contributed by atoms with van der Waals surface area (Å²) >= 11 is 7.45. The van der Waals surface area contributed by atoms with Gasteiger partial charge >= 0.3 is 6.18 Å². The summed E-state index contributed by atoms with van der Waals surface area (Å²) in [5.74, 6) is 0.384. The lowest BCUT2D eigenvalue weighted by Gasteiger charge is -2.32. The Labute approximate surface area is 206 Å². The standard InChI is InChI=1S/C25H25ClF3N3OS/c26-20-2-1-3-23(14-20)34-17-24(33)30-21-9-11-31(12-10-21)15-18-8-13-32(16-18)22-6-4-19(5-7-22)25(27,28)29/h1-8,13-14,16,21H,9-12,15,17H2,(H,30,33).